The van der Waals surface area contributed by atoms with E-state index in [1.807, 2.05) is 19.1 Å². The molecule has 0 spiro atoms. The van der Waals surface area contributed by atoms with E-state index < -0.39 is 5.63 Å². The van der Waals surface area contributed by atoms with Gasteiger partial charge in [0.1, 0.15) is 11.3 Å². The van der Waals surface area contributed by atoms with Crippen LogP contribution in [0.2, 0.25) is 0 Å². The average molecular weight is 358 g/mol. The van der Waals surface area contributed by atoms with Gasteiger partial charge in [-0.1, -0.05) is 34.1 Å². The maximum absolute atomic E-state index is 11.9. The van der Waals surface area contributed by atoms with Crippen molar-refractivity contribution < 1.29 is 9.52 Å². The van der Waals surface area contributed by atoms with Crippen LogP contribution in [0.25, 0.3) is 22.9 Å². The minimum atomic E-state index is -0.583. The van der Waals surface area contributed by atoms with Crippen molar-refractivity contribution in [3.63, 3.8) is 0 Å². The molecule has 0 unspecified atom stereocenters. The van der Waals surface area contributed by atoms with Crippen LogP contribution in [-0.2, 0) is 0 Å². The average Bonchev–Trinajstić information content (AvgIpc) is 2.49. The highest BCUT2D eigenvalue weighted by molar-refractivity contribution is 9.10. The molecular formula is C17H12BrNO3. The third-order valence-electron chi connectivity index (χ3n) is 3.18. The monoisotopic (exact) mass is 357 g/mol. The van der Waals surface area contributed by atoms with Crippen molar-refractivity contribution in [3.05, 3.63) is 74.2 Å². The Kier molecular flexibility index (Phi) is 3.81. The summed E-state index contributed by atoms with van der Waals surface area (Å²) in [6, 6.07) is 12.5. The van der Waals surface area contributed by atoms with Crippen LogP contribution in [-0.4, -0.2) is 10.1 Å². The highest BCUT2D eigenvalue weighted by Crippen LogP contribution is 2.18. The number of aromatic nitrogens is 1. The predicted molar refractivity (Wildman–Crippen MR) is 89.7 cm³/mol. The van der Waals surface area contributed by atoms with Crippen LogP contribution in [0.4, 0.5) is 0 Å². The van der Waals surface area contributed by atoms with E-state index in [0.29, 0.717) is 16.7 Å². The maximum atomic E-state index is 11.9. The lowest BCUT2D eigenvalue weighted by Crippen LogP contribution is -2.06. The predicted octanol–water partition coefficient (Wildman–Crippen LogP) is 4.32. The van der Waals surface area contributed by atoms with Gasteiger partial charge in [-0.05, 0) is 36.8 Å². The fourth-order valence-corrected chi connectivity index (χ4v) is 2.32. The number of fused-ring (bicyclic) bond motifs is 1. The van der Waals surface area contributed by atoms with Crippen LogP contribution >= 0.6 is 15.9 Å². The molecule has 1 heterocycles. The maximum Gasteiger partial charge on any atom is 0.362 e. The van der Waals surface area contributed by atoms with Crippen molar-refractivity contribution in [1.29, 1.82) is 0 Å². The number of aliphatic hydroxyl groups excluding tert-OH is 1. The zero-order valence-electron chi connectivity index (χ0n) is 11.7. The molecule has 110 valence electrons. The first kappa shape index (κ1) is 14.5. The number of aryl methyl sites for hydroxylation is 1. The molecule has 0 aliphatic rings. The van der Waals surface area contributed by atoms with Crippen molar-refractivity contribution in [2.24, 2.45) is 0 Å². The normalized spacial score (nSPS) is 11.8. The molecule has 22 heavy (non-hydrogen) atoms. The second kappa shape index (κ2) is 5.77. The Bertz CT molecular complexity index is 927. The summed E-state index contributed by atoms with van der Waals surface area (Å²) in [4.78, 5) is 16.2. The number of benzene rings is 2. The van der Waals surface area contributed by atoms with Crippen LogP contribution < -0.4 is 5.63 Å². The van der Waals surface area contributed by atoms with Crippen molar-refractivity contribution in [2.75, 3.05) is 0 Å². The summed E-state index contributed by atoms with van der Waals surface area (Å²) in [5.74, 6) is -0.0423. The summed E-state index contributed by atoms with van der Waals surface area (Å²) >= 11 is 3.33. The van der Waals surface area contributed by atoms with Gasteiger partial charge in [0, 0.05) is 16.1 Å². The fraction of sp³-hybridized carbons (Fsp3) is 0.0588. The third-order valence-corrected chi connectivity index (χ3v) is 3.71. The number of rotatable bonds is 2. The molecule has 0 radical (unpaired) electrons. The zero-order chi connectivity index (χ0) is 15.7. The van der Waals surface area contributed by atoms with Gasteiger partial charge in [0.05, 0.1) is 0 Å². The van der Waals surface area contributed by atoms with Gasteiger partial charge < -0.3 is 9.52 Å². The van der Waals surface area contributed by atoms with Gasteiger partial charge >= 0.3 is 5.63 Å². The standard InChI is InChI=1S/C17H12BrNO3/c1-10-2-7-16-13(8-10)19-14(17(21)22-16)9-15(20)11-3-5-12(18)6-4-11/h2-9,20H,1H3. The lowest BCUT2D eigenvalue weighted by atomic mass is 10.1. The number of nitrogens with zero attached hydrogens (tertiary/aromatic N) is 1. The van der Waals surface area contributed by atoms with Crippen LogP contribution in [0.15, 0.2) is 56.1 Å². The summed E-state index contributed by atoms with van der Waals surface area (Å²) in [5.41, 5.74) is 2.10. The number of aliphatic hydroxyl groups is 1. The van der Waals surface area contributed by atoms with E-state index in [1.54, 1.807) is 30.3 Å². The van der Waals surface area contributed by atoms with E-state index in [2.05, 4.69) is 20.9 Å². The summed E-state index contributed by atoms with van der Waals surface area (Å²) < 4.78 is 6.13. The van der Waals surface area contributed by atoms with Gasteiger partial charge in [0.25, 0.3) is 0 Å². The number of hydrogen-bond acceptors (Lipinski definition) is 4. The fourth-order valence-electron chi connectivity index (χ4n) is 2.05. The summed E-state index contributed by atoms with van der Waals surface area (Å²) in [6.45, 7) is 1.93. The molecule has 0 fully saturated rings. The SMILES string of the molecule is Cc1ccc2oc(=O)c(C=C(O)c3ccc(Br)cc3)nc2c1. The molecule has 3 rings (SSSR count). The molecule has 0 bridgehead atoms. The summed E-state index contributed by atoms with van der Waals surface area (Å²) in [7, 11) is 0. The Morgan fingerprint density at radius 2 is 1.95 bits per heavy atom. The van der Waals surface area contributed by atoms with Gasteiger partial charge in [0.2, 0.25) is 0 Å². The van der Waals surface area contributed by atoms with Gasteiger partial charge in [-0.3, -0.25) is 0 Å². The van der Waals surface area contributed by atoms with E-state index in [9.17, 15) is 9.90 Å². The van der Waals surface area contributed by atoms with Crippen LogP contribution in [0.5, 0.6) is 0 Å². The quantitative estimate of drug-likeness (QED) is 0.694. The second-order valence-corrected chi connectivity index (χ2v) is 5.81. The smallest absolute Gasteiger partial charge is 0.362 e. The van der Waals surface area contributed by atoms with Gasteiger partial charge in [-0.2, -0.15) is 0 Å². The lowest BCUT2D eigenvalue weighted by molar-refractivity contribution is 0.514. The van der Waals surface area contributed by atoms with Gasteiger partial charge in [-0.25, -0.2) is 9.78 Å². The first-order valence-electron chi connectivity index (χ1n) is 6.61. The van der Waals surface area contributed by atoms with Gasteiger partial charge in [-0.15, -0.1) is 0 Å². The molecule has 0 saturated carbocycles. The van der Waals surface area contributed by atoms with Crippen molar-refractivity contribution in [2.45, 2.75) is 6.92 Å². The molecule has 1 aromatic heterocycles. The molecule has 2 aromatic carbocycles. The number of hydrogen-bond donors (Lipinski definition) is 1. The third kappa shape index (κ3) is 2.94. The minimum Gasteiger partial charge on any atom is -0.507 e. The highest BCUT2D eigenvalue weighted by atomic mass is 79.9. The summed E-state index contributed by atoms with van der Waals surface area (Å²) in [5, 5.41) is 10.1. The van der Waals surface area contributed by atoms with E-state index in [-0.39, 0.29) is 11.5 Å². The van der Waals surface area contributed by atoms with Crippen molar-refractivity contribution in [1.82, 2.24) is 4.98 Å². The molecule has 0 aliphatic carbocycles. The first-order valence-corrected chi connectivity index (χ1v) is 7.40. The topological polar surface area (TPSA) is 63.3 Å². The number of halogens is 1. The first-order chi connectivity index (χ1) is 10.5. The largest absolute Gasteiger partial charge is 0.507 e. The Hall–Kier alpha value is -2.40. The van der Waals surface area contributed by atoms with Crippen molar-refractivity contribution >= 4 is 38.9 Å². The Morgan fingerprint density at radius 1 is 1.23 bits per heavy atom. The molecule has 3 aromatic rings. The van der Waals surface area contributed by atoms with Crippen LogP contribution in [0.1, 0.15) is 16.8 Å². The van der Waals surface area contributed by atoms with E-state index in [0.717, 1.165) is 10.0 Å². The Balaban J connectivity index is 2.09. The molecule has 0 aliphatic heterocycles. The minimum absolute atomic E-state index is 0.0423. The van der Waals surface area contributed by atoms with Crippen LogP contribution in [0, 0.1) is 6.92 Å². The summed E-state index contributed by atoms with van der Waals surface area (Å²) in [6.07, 6.45) is 1.32. The van der Waals surface area contributed by atoms with Crippen LogP contribution in [0.3, 0.4) is 0 Å². The van der Waals surface area contributed by atoms with Crippen molar-refractivity contribution in [3.8, 4) is 0 Å². The Morgan fingerprint density at radius 3 is 2.68 bits per heavy atom. The highest BCUT2D eigenvalue weighted by Gasteiger charge is 2.07. The molecule has 4 nitrogen and oxygen atoms in total. The van der Waals surface area contributed by atoms with E-state index in [4.69, 9.17) is 4.42 Å². The molecule has 0 atom stereocenters. The molecule has 5 heteroatoms. The molecule has 0 amide bonds. The van der Waals surface area contributed by atoms with Gasteiger partial charge in [0.15, 0.2) is 11.3 Å². The zero-order valence-corrected chi connectivity index (χ0v) is 13.3. The molecular weight excluding hydrogens is 346 g/mol. The van der Waals surface area contributed by atoms with E-state index in [1.165, 1.54) is 6.08 Å². The molecule has 1 N–H and O–H groups in total. The molecule has 0 saturated heterocycles. The second-order valence-electron chi connectivity index (χ2n) is 4.89. The van der Waals surface area contributed by atoms with E-state index >= 15 is 0 Å². The lowest BCUT2D eigenvalue weighted by Gasteiger charge is -2.02. The Labute approximate surface area is 134 Å².